The van der Waals surface area contributed by atoms with Gasteiger partial charge in [0.1, 0.15) is 6.61 Å². The number of carbonyl (C=O) groups is 1. The van der Waals surface area contributed by atoms with E-state index in [1.54, 1.807) is 6.34 Å². The number of nitrogens with zero attached hydrogens (tertiary/aromatic N) is 2. The standard InChI is InChI=1S/C22H28N2O2/c1-7-24(6)14-23-21-12-17(4)20(11-18(21)5)22(25)26-13-19-9-8-15(2)10-16(19)3/h8-12,14H,7,13H2,1-6H3. The van der Waals surface area contributed by atoms with Crippen molar-refractivity contribution in [3.8, 4) is 0 Å². The Hall–Kier alpha value is -2.62. The van der Waals surface area contributed by atoms with Gasteiger partial charge in [-0.1, -0.05) is 23.8 Å². The Morgan fingerprint density at radius 2 is 1.81 bits per heavy atom. The number of ether oxygens (including phenoxy) is 1. The quantitative estimate of drug-likeness (QED) is 0.422. The first-order valence-electron chi connectivity index (χ1n) is 8.90. The van der Waals surface area contributed by atoms with Crippen LogP contribution in [-0.4, -0.2) is 30.8 Å². The van der Waals surface area contributed by atoms with Gasteiger partial charge in [0, 0.05) is 13.6 Å². The summed E-state index contributed by atoms with van der Waals surface area (Å²) in [4.78, 5) is 19.0. The van der Waals surface area contributed by atoms with E-state index >= 15 is 0 Å². The molecule has 0 heterocycles. The molecule has 0 atom stereocenters. The van der Waals surface area contributed by atoms with Gasteiger partial charge in [-0.3, -0.25) is 0 Å². The molecule has 2 rings (SSSR count). The summed E-state index contributed by atoms with van der Waals surface area (Å²) < 4.78 is 5.54. The first-order valence-corrected chi connectivity index (χ1v) is 8.90. The van der Waals surface area contributed by atoms with Crippen molar-refractivity contribution in [3.63, 3.8) is 0 Å². The summed E-state index contributed by atoms with van der Waals surface area (Å²) in [7, 11) is 1.98. The third kappa shape index (κ3) is 4.94. The molecule has 2 aromatic carbocycles. The zero-order valence-corrected chi connectivity index (χ0v) is 16.6. The highest BCUT2D eigenvalue weighted by Crippen LogP contribution is 2.24. The highest BCUT2D eigenvalue weighted by Gasteiger charge is 2.14. The number of aliphatic imine (C=N–C) groups is 1. The summed E-state index contributed by atoms with van der Waals surface area (Å²) in [5.74, 6) is -0.299. The van der Waals surface area contributed by atoms with Gasteiger partial charge in [-0.05, 0) is 69.0 Å². The maximum absolute atomic E-state index is 12.5. The minimum Gasteiger partial charge on any atom is -0.457 e. The average molecular weight is 352 g/mol. The van der Waals surface area contributed by atoms with Crippen LogP contribution in [0.5, 0.6) is 0 Å². The number of hydrogen-bond acceptors (Lipinski definition) is 3. The van der Waals surface area contributed by atoms with Crippen molar-refractivity contribution in [1.82, 2.24) is 4.90 Å². The third-order valence-corrected chi connectivity index (χ3v) is 4.51. The van der Waals surface area contributed by atoms with E-state index in [9.17, 15) is 4.79 Å². The molecule has 0 aliphatic rings. The van der Waals surface area contributed by atoms with E-state index in [1.165, 1.54) is 5.56 Å². The molecule has 0 saturated carbocycles. The summed E-state index contributed by atoms with van der Waals surface area (Å²) in [5, 5.41) is 0. The second kappa shape index (κ2) is 8.65. The number of carbonyl (C=O) groups excluding carboxylic acids is 1. The van der Waals surface area contributed by atoms with Crippen LogP contribution >= 0.6 is 0 Å². The SMILES string of the molecule is CCN(C)C=Nc1cc(C)c(C(=O)OCc2ccc(C)cc2C)cc1C. The molecule has 0 radical (unpaired) electrons. The van der Waals surface area contributed by atoms with E-state index < -0.39 is 0 Å². The molecule has 0 fully saturated rings. The molecule has 26 heavy (non-hydrogen) atoms. The van der Waals surface area contributed by atoms with Crippen molar-refractivity contribution in [2.45, 2.75) is 41.2 Å². The first kappa shape index (κ1) is 19.7. The Morgan fingerprint density at radius 1 is 1.08 bits per heavy atom. The second-order valence-corrected chi connectivity index (χ2v) is 6.78. The molecule has 4 nitrogen and oxygen atoms in total. The largest absolute Gasteiger partial charge is 0.457 e. The van der Waals surface area contributed by atoms with Gasteiger partial charge in [0.05, 0.1) is 17.6 Å². The topological polar surface area (TPSA) is 41.9 Å². The van der Waals surface area contributed by atoms with Crippen molar-refractivity contribution in [2.75, 3.05) is 13.6 Å². The van der Waals surface area contributed by atoms with Crippen LogP contribution in [0, 0.1) is 27.7 Å². The molecule has 0 spiro atoms. The molecule has 4 heteroatoms. The maximum Gasteiger partial charge on any atom is 0.338 e. The Kier molecular flexibility index (Phi) is 6.56. The predicted octanol–water partition coefficient (Wildman–Crippen LogP) is 4.89. The molecule has 2 aromatic rings. The van der Waals surface area contributed by atoms with Crippen molar-refractivity contribution < 1.29 is 9.53 Å². The summed E-state index contributed by atoms with van der Waals surface area (Å²) in [6, 6.07) is 9.93. The molecule has 0 aliphatic heterocycles. The highest BCUT2D eigenvalue weighted by atomic mass is 16.5. The summed E-state index contributed by atoms with van der Waals surface area (Å²) in [6.45, 7) is 11.2. The fraction of sp³-hybridized carbons (Fsp3) is 0.364. The van der Waals surface area contributed by atoms with Crippen LogP contribution in [-0.2, 0) is 11.3 Å². The van der Waals surface area contributed by atoms with E-state index in [0.717, 1.165) is 34.5 Å². The van der Waals surface area contributed by atoms with Crippen molar-refractivity contribution in [2.24, 2.45) is 4.99 Å². The maximum atomic E-state index is 12.5. The van der Waals surface area contributed by atoms with Crippen molar-refractivity contribution in [3.05, 3.63) is 63.7 Å². The molecule has 0 unspecified atom stereocenters. The Labute approximate surface area is 156 Å². The van der Waals surface area contributed by atoms with E-state index in [1.807, 2.05) is 57.0 Å². The van der Waals surface area contributed by atoms with Crippen LogP contribution in [0.1, 0.15) is 45.1 Å². The lowest BCUT2D eigenvalue weighted by molar-refractivity contribution is 0.0471. The second-order valence-electron chi connectivity index (χ2n) is 6.78. The van der Waals surface area contributed by atoms with Gasteiger partial charge >= 0.3 is 5.97 Å². The van der Waals surface area contributed by atoms with Crippen LogP contribution < -0.4 is 0 Å². The van der Waals surface area contributed by atoms with Crippen LogP contribution in [0.2, 0.25) is 0 Å². The van der Waals surface area contributed by atoms with Gasteiger partial charge in [-0.15, -0.1) is 0 Å². The average Bonchev–Trinajstić information content (AvgIpc) is 2.60. The van der Waals surface area contributed by atoms with Gasteiger partial charge in [0.2, 0.25) is 0 Å². The van der Waals surface area contributed by atoms with Gasteiger partial charge < -0.3 is 9.64 Å². The van der Waals surface area contributed by atoms with E-state index in [2.05, 4.69) is 24.9 Å². The highest BCUT2D eigenvalue weighted by molar-refractivity contribution is 5.92. The van der Waals surface area contributed by atoms with Crippen molar-refractivity contribution in [1.29, 1.82) is 0 Å². The molecular formula is C22H28N2O2. The van der Waals surface area contributed by atoms with Gasteiger partial charge in [0.25, 0.3) is 0 Å². The number of benzene rings is 2. The van der Waals surface area contributed by atoms with Gasteiger partial charge in [-0.2, -0.15) is 0 Å². The molecule has 0 saturated heterocycles. The van der Waals surface area contributed by atoms with Crippen LogP contribution in [0.15, 0.2) is 35.3 Å². The van der Waals surface area contributed by atoms with Crippen molar-refractivity contribution >= 4 is 18.0 Å². The monoisotopic (exact) mass is 352 g/mol. The van der Waals surface area contributed by atoms with E-state index in [4.69, 9.17) is 4.74 Å². The van der Waals surface area contributed by atoms with E-state index in [0.29, 0.717) is 5.56 Å². The Bertz CT molecular complexity index is 825. The minimum atomic E-state index is -0.299. The van der Waals surface area contributed by atoms with Crippen LogP contribution in [0.3, 0.4) is 0 Å². The number of aryl methyl sites for hydroxylation is 4. The first-order chi connectivity index (χ1) is 12.3. The fourth-order valence-electron chi connectivity index (χ4n) is 2.63. The lowest BCUT2D eigenvalue weighted by Crippen LogP contribution is -2.14. The number of hydrogen-bond donors (Lipinski definition) is 0. The van der Waals surface area contributed by atoms with Gasteiger partial charge in [-0.25, -0.2) is 9.79 Å². The smallest absolute Gasteiger partial charge is 0.338 e. The summed E-state index contributed by atoms with van der Waals surface area (Å²) in [6.07, 6.45) is 1.81. The zero-order chi connectivity index (χ0) is 19.3. The molecule has 0 N–H and O–H groups in total. The summed E-state index contributed by atoms with van der Waals surface area (Å²) in [5.41, 5.74) is 6.65. The molecule has 0 amide bonds. The Morgan fingerprint density at radius 3 is 2.46 bits per heavy atom. The van der Waals surface area contributed by atoms with E-state index in [-0.39, 0.29) is 12.6 Å². The molecule has 0 aliphatic carbocycles. The number of rotatable bonds is 6. The third-order valence-electron chi connectivity index (χ3n) is 4.51. The Balaban J connectivity index is 2.13. The normalized spacial score (nSPS) is 11.0. The van der Waals surface area contributed by atoms with Gasteiger partial charge in [0.15, 0.2) is 0 Å². The molecular weight excluding hydrogens is 324 g/mol. The molecule has 0 aromatic heterocycles. The van der Waals surface area contributed by atoms with Crippen LogP contribution in [0.4, 0.5) is 5.69 Å². The predicted molar refractivity (Wildman–Crippen MR) is 107 cm³/mol. The lowest BCUT2D eigenvalue weighted by atomic mass is 10.0. The summed E-state index contributed by atoms with van der Waals surface area (Å²) >= 11 is 0. The lowest BCUT2D eigenvalue weighted by Gasteiger charge is -2.12. The zero-order valence-electron chi connectivity index (χ0n) is 16.6. The molecule has 0 bridgehead atoms. The fourth-order valence-corrected chi connectivity index (χ4v) is 2.63. The molecule has 138 valence electrons. The number of esters is 1. The minimum absolute atomic E-state index is 0.282. The van der Waals surface area contributed by atoms with Crippen LogP contribution in [0.25, 0.3) is 0 Å².